The third-order valence-electron chi connectivity index (χ3n) is 4.55. The van der Waals surface area contributed by atoms with Crippen LogP contribution in [0.1, 0.15) is 60.5 Å². The number of hydrogen-bond donors (Lipinski definition) is 0. The normalized spacial score (nSPS) is 17.9. The minimum Gasteiger partial charge on any atom is -0.342 e. The first-order chi connectivity index (χ1) is 11.8. The van der Waals surface area contributed by atoms with Crippen molar-refractivity contribution in [1.29, 1.82) is 0 Å². The predicted molar refractivity (Wildman–Crippen MR) is 97.2 cm³/mol. The molecule has 0 radical (unpaired) electrons. The van der Waals surface area contributed by atoms with Crippen molar-refractivity contribution in [3.63, 3.8) is 0 Å². The van der Waals surface area contributed by atoms with E-state index in [0.717, 1.165) is 55.2 Å². The van der Waals surface area contributed by atoms with E-state index in [-0.39, 0.29) is 0 Å². The van der Waals surface area contributed by atoms with Crippen LogP contribution in [0.5, 0.6) is 0 Å². The quantitative estimate of drug-likeness (QED) is 0.795. The molecule has 0 N–H and O–H groups in total. The standard InChI is InChI=1S/C19H25N3OS/c1-2-3-11-18(23)22-12-7-10-16(14-22)19-21-20-17(24-19)13-15-8-5-4-6-9-15/h4-6,8-9,16H,2-3,7,10-14H2,1H3. The molecule has 1 saturated heterocycles. The van der Waals surface area contributed by atoms with Crippen LogP contribution in [-0.4, -0.2) is 34.1 Å². The lowest BCUT2D eigenvalue weighted by atomic mass is 9.98. The summed E-state index contributed by atoms with van der Waals surface area (Å²) < 4.78 is 0. The van der Waals surface area contributed by atoms with Gasteiger partial charge in [-0.1, -0.05) is 43.7 Å². The second kappa shape index (κ2) is 8.38. The molecule has 5 heteroatoms. The number of rotatable bonds is 6. The average molecular weight is 343 g/mol. The van der Waals surface area contributed by atoms with Crippen LogP contribution in [-0.2, 0) is 11.2 Å². The maximum Gasteiger partial charge on any atom is 0.222 e. The molecule has 1 atom stereocenters. The van der Waals surface area contributed by atoms with E-state index in [0.29, 0.717) is 18.2 Å². The molecule has 2 heterocycles. The van der Waals surface area contributed by atoms with Gasteiger partial charge in [-0.05, 0) is 24.8 Å². The van der Waals surface area contributed by atoms with Crippen molar-refractivity contribution in [2.24, 2.45) is 0 Å². The van der Waals surface area contributed by atoms with Crippen molar-refractivity contribution in [2.45, 2.75) is 51.4 Å². The molecule has 1 aliphatic heterocycles. The van der Waals surface area contributed by atoms with Gasteiger partial charge < -0.3 is 4.90 Å². The number of amides is 1. The fourth-order valence-corrected chi connectivity index (χ4v) is 4.17. The molecule has 1 aromatic heterocycles. The van der Waals surface area contributed by atoms with E-state index in [1.165, 1.54) is 5.56 Å². The fraction of sp³-hybridized carbons (Fsp3) is 0.526. The van der Waals surface area contributed by atoms with E-state index in [1.807, 2.05) is 11.0 Å². The summed E-state index contributed by atoms with van der Waals surface area (Å²) in [5.41, 5.74) is 1.26. The molecule has 1 fully saturated rings. The SMILES string of the molecule is CCCCC(=O)N1CCCC(c2nnc(Cc3ccccc3)s2)C1. The number of aromatic nitrogens is 2. The minimum absolute atomic E-state index is 0.301. The highest BCUT2D eigenvalue weighted by molar-refractivity contribution is 7.11. The van der Waals surface area contributed by atoms with E-state index in [1.54, 1.807) is 11.3 Å². The van der Waals surface area contributed by atoms with Gasteiger partial charge in [0.1, 0.15) is 10.0 Å². The average Bonchev–Trinajstić information content (AvgIpc) is 3.09. The molecule has 2 aromatic rings. The van der Waals surface area contributed by atoms with Crippen LogP contribution in [0.15, 0.2) is 30.3 Å². The molecule has 3 rings (SSSR count). The topological polar surface area (TPSA) is 46.1 Å². The molecule has 1 unspecified atom stereocenters. The lowest BCUT2D eigenvalue weighted by Crippen LogP contribution is -2.38. The van der Waals surface area contributed by atoms with Crippen LogP contribution in [0.4, 0.5) is 0 Å². The van der Waals surface area contributed by atoms with E-state index >= 15 is 0 Å². The highest BCUT2D eigenvalue weighted by atomic mass is 32.1. The summed E-state index contributed by atoms with van der Waals surface area (Å²) in [4.78, 5) is 14.3. The van der Waals surface area contributed by atoms with Gasteiger partial charge in [-0.15, -0.1) is 21.5 Å². The monoisotopic (exact) mass is 343 g/mol. The fourth-order valence-electron chi connectivity index (χ4n) is 3.16. The predicted octanol–water partition coefficient (Wildman–Crippen LogP) is 4.03. The maximum absolute atomic E-state index is 12.3. The Kier molecular flexibility index (Phi) is 5.96. The van der Waals surface area contributed by atoms with Crippen LogP contribution in [0, 0.1) is 0 Å². The summed E-state index contributed by atoms with van der Waals surface area (Å²) in [7, 11) is 0. The Morgan fingerprint density at radius 1 is 1.29 bits per heavy atom. The lowest BCUT2D eigenvalue weighted by molar-refractivity contribution is -0.132. The summed E-state index contributed by atoms with van der Waals surface area (Å²) in [5.74, 6) is 0.655. The number of nitrogens with zero attached hydrogens (tertiary/aromatic N) is 3. The van der Waals surface area contributed by atoms with E-state index in [4.69, 9.17) is 0 Å². The molecule has 0 bridgehead atoms. The molecule has 0 aliphatic carbocycles. The van der Waals surface area contributed by atoms with Crippen LogP contribution < -0.4 is 0 Å². The van der Waals surface area contributed by atoms with Gasteiger partial charge in [-0.2, -0.15) is 0 Å². The van der Waals surface area contributed by atoms with Gasteiger partial charge in [0.05, 0.1) is 0 Å². The van der Waals surface area contributed by atoms with Gasteiger partial charge in [0, 0.05) is 31.8 Å². The molecule has 1 aromatic carbocycles. The van der Waals surface area contributed by atoms with Crippen LogP contribution in [0.3, 0.4) is 0 Å². The highest BCUT2D eigenvalue weighted by Crippen LogP contribution is 2.30. The molecule has 128 valence electrons. The molecular formula is C19H25N3OS. The molecule has 4 nitrogen and oxygen atoms in total. The van der Waals surface area contributed by atoms with Crippen LogP contribution >= 0.6 is 11.3 Å². The van der Waals surface area contributed by atoms with Crippen LogP contribution in [0.2, 0.25) is 0 Å². The van der Waals surface area contributed by atoms with Crippen LogP contribution in [0.25, 0.3) is 0 Å². The van der Waals surface area contributed by atoms with Gasteiger partial charge in [0.15, 0.2) is 0 Å². The molecule has 0 spiro atoms. The molecule has 0 saturated carbocycles. The number of benzene rings is 1. The Morgan fingerprint density at radius 3 is 2.92 bits per heavy atom. The summed E-state index contributed by atoms with van der Waals surface area (Å²) in [6, 6.07) is 10.4. The Labute approximate surface area is 147 Å². The molecule has 1 aliphatic rings. The van der Waals surface area contributed by atoms with E-state index < -0.39 is 0 Å². The summed E-state index contributed by atoms with van der Waals surface area (Å²) in [6.07, 6.45) is 5.75. The van der Waals surface area contributed by atoms with Gasteiger partial charge in [-0.3, -0.25) is 4.79 Å². The Morgan fingerprint density at radius 2 is 2.12 bits per heavy atom. The first kappa shape index (κ1) is 17.1. The lowest BCUT2D eigenvalue weighted by Gasteiger charge is -2.31. The van der Waals surface area contributed by atoms with Crippen molar-refractivity contribution < 1.29 is 4.79 Å². The van der Waals surface area contributed by atoms with E-state index in [9.17, 15) is 4.79 Å². The molecular weight excluding hydrogens is 318 g/mol. The van der Waals surface area contributed by atoms with Gasteiger partial charge >= 0.3 is 0 Å². The second-order valence-corrected chi connectivity index (χ2v) is 7.57. The minimum atomic E-state index is 0.301. The first-order valence-corrected chi connectivity index (χ1v) is 9.72. The van der Waals surface area contributed by atoms with Crippen molar-refractivity contribution >= 4 is 17.2 Å². The van der Waals surface area contributed by atoms with Crippen molar-refractivity contribution in [3.05, 3.63) is 45.9 Å². The zero-order valence-corrected chi connectivity index (χ0v) is 15.1. The first-order valence-electron chi connectivity index (χ1n) is 8.90. The Balaban J connectivity index is 1.61. The third-order valence-corrected chi connectivity index (χ3v) is 5.63. The largest absolute Gasteiger partial charge is 0.342 e. The van der Waals surface area contributed by atoms with Crippen molar-refractivity contribution in [2.75, 3.05) is 13.1 Å². The zero-order chi connectivity index (χ0) is 16.8. The number of unbranched alkanes of at least 4 members (excludes halogenated alkanes) is 1. The molecule has 24 heavy (non-hydrogen) atoms. The molecule has 1 amide bonds. The highest BCUT2D eigenvalue weighted by Gasteiger charge is 2.26. The number of likely N-dealkylation sites (tertiary alicyclic amines) is 1. The smallest absolute Gasteiger partial charge is 0.222 e. The number of carbonyl (C=O) groups excluding carboxylic acids is 1. The second-order valence-electron chi connectivity index (χ2n) is 6.48. The van der Waals surface area contributed by atoms with Gasteiger partial charge in [-0.25, -0.2) is 0 Å². The van der Waals surface area contributed by atoms with Gasteiger partial charge in [0.25, 0.3) is 0 Å². The summed E-state index contributed by atoms with van der Waals surface area (Å²) >= 11 is 1.71. The third kappa shape index (κ3) is 4.41. The summed E-state index contributed by atoms with van der Waals surface area (Å²) in [6.45, 7) is 3.83. The Hall–Kier alpha value is -1.75. The van der Waals surface area contributed by atoms with E-state index in [2.05, 4.69) is 41.4 Å². The Bertz CT molecular complexity index is 656. The zero-order valence-electron chi connectivity index (χ0n) is 14.3. The maximum atomic E-state index is 12.3. The van der Waals surface area contributed by atoms with Gasteiger partial charge in [0.2, 0.25) is 5.91 Å². The number of hydrogen-bond acceptors (Lipinski definition) is 4. The number of carbonyl (C=O) groups is 1. The van der Waals surface area contributed by atoms with Crippen molar-refractivity contribution in [3.8, 4) is 0 Å². The number of piperidine rings is 1. The van der Waals surface area contributed by atoms with Crippen molar-refractivity contribution in [1.82, 2.24) is 15.1 Å². The summed E-state index contributed by atoms with van der Waals surface area (Å²) in [5, 5.41) is 10.9.